The second-order valence-electron chi connectivity index (χ2n) is 6.04. The minimum Gasteiger partial charge on any atom is -0.392 e. The maximum atomic E-state index is 14.2. The first-order valence-corrected chi connectivity index (χ1v) is 8.33. The Balaban J connectivity index is 3.16. The summed E-state index contributed by atoms with van der Waals surface area (Å²) in [6, 6.07) is 0.165. The van der Waals surface area contributed by atoms with E-state index < -0.39 is 71.5 Å². The van der Waals surface area contributed by atoms with Crippen LogP contribution < -0.4 is 11.5 Å². The molecule has 2 aromatic carbocycles. The molecule has 4 N–H and O–H groups in total. The Labute approximate surface area is 177 Å². The van der Waals surface area contributed by atoms with Crippen molar-refractivity contribution in [2.24, 2.45) is 0 Å². The molecular weight excluding hydrogens is 485 g/mol. The minimum absolute atomic E-state index is 0.0573. The number of nitro benzene ring substituents is 2. The zero-order valence-electron chi connectivity index (χ0n) is 14.5. The van der Waals surface area contributed by atoms with E-state index in [2.05, 4.69) is 0 Å². The molecule has 0 aliphatic heterocycles. The van der Waals surface area contributed by atoms with Crippen LogP contribution in [-0.2, 0) is 5.41 Å². The van der Waals surface area contributed by atoms with Crippen molar-refractivity contribution in [3.05, 3.63) is 65.7 Å². The lowest BCUT2D eigenvalue weighted by molar-refractivity contribution is -0.384. The Morgan fingerprint density at radius 3 is 1.23 bits per heavy atom. The molecule has 168 valence electrons. The molecule has 2 aromatic rings. The summed E-state index contributed by atoms with van der Waals surface area (Å²) < 4.78 is 85.0. The number of nitrogens with two attached hydrogens (primary N) is 2. The second-order valence-corrected chi connectivity index (χ2v) is 6.86. The van der Waals surface area contributed by atoms with Crippen LogP contribution in [0.25, 0.3) is 0 Å². The molecule has 0 spiro atoms. The normalized spacial score (nSPS) is 12.6. The third kappa shape index (κ3) is 3.76. The average Bonchev–Trinajstić information content (AvgIpc) is 2.58. The molecule has 0 atom stereocenters. The SMILES string of the molecule is Nc1c(Cl)cc(C(c2cc(Cl)c(N)c([N+](=O)[O-])c2)(C(F)(F)F)C(F)(F)F)cc1[N+](=O)[O-]. The van der Waals surface area contributed by atoms with E-state index >= 15 is 0 Å². The first kappa shape index (κ1) is 24.3. The highest BCUT2D eigenvalue weighted by molar-refractivity contribution is 6.34. The van der Waals surface area contributed by atoms with Gasteiger partial charge < -0.3 is 11.5 Å². The zero-order valence-corrected chi connectivity index (χ0v) is 16.0. The quantitative estimate of drug-likeness (QED) is 0.254. The summed E-state index contributed by atoms with van der Waals surface area (Å²) in [6.07, 6.45) is -12.5. The number of rotatable bonds is 4. The molecule has 2 rings (SSSR count). The number of hydrogen-bond acceptors (Lipinski definition) is 6. The van der Waals surface area contributed by atoms with Gasteiger partial charge in [-0.15, -0.1) is 0 Å². The molecule has 0 saturated heterocycles. The maximum Gasteiger partial charge on any atom is 0.411 e. The first-order valence-electron chi connectivity index (χ1n) is 7.58. The Bertz CT molecular complexity index is 1010. The summed E-state index contributed by atoms with van der Waals surface area (Å²) in [5.41, 5.74) is -2.36. The molecule has 16 heteroatoms. The summed E-state index contributed by atoms with van der Waals surface area (Å²) in [7, 11) is 0. The second kappa shape index (κ2) is 7.60. The van der Waals surface area contributed by atoms with Gasteiger partial charge in [0.15, 0.2) is 0 Å². The van der Waals surface area contributed by atoms with Crippen LogP contribution >= 0.6 is 23.2 Å². The molecule has 0 unspecified atom stereocenters. The van der Waals surface area contributed by atoms with Gasteiger partial charge in [-0.3, -0.25) is 20.2 Å². The third-order valence-electron chi connectivity index (χ3n) is 4.33. The highest BCUT2D eigenvalue weighted by atomic mass is 35.5. The number of nitrogens with zero attached hydrogens (tertiary/aromatic N) is 2. The summed E-state index contributed by atoms with van der Waals surface area (Å²) in [5.74, 6) is 0. The van der Waals surface area contributed by atoms with Gasteiger partial charge in [0, 0.05) is 12.1 Å². The van der Waals surface area contributed by atoms with Crippen molar-refractivity contribution in [3.63, 3.8) is 0 Å². The molecule has 0 heterocycles. The van der Waals surface area contributed by atoms with Crippen LogP contribution in [-0.4, -0.2) is 22.2 Å². The van der Waals surface area contributed by atoms with E-state index in [0.29, 0.717) is 0 Å². The molecular formula is C15H8Cl2F6N4O4. The number of nitro groups is 2. The van der Waals surface area contributed by atoms with E-state index in [0.717, 1.165) is 0 Å². The summed E-state index contributed by atoms with van der Waals surface area (Å²) in [5, 5.41) is 20.3. The predicted molar refractivity (Wildman–Crippen MR) is 97.9 cm³/mol. The van der Waals surface area contributed by atoms with Crippen molar-refractivity contribution in [1.82, 2.24) is 0 Å². The van der Waals surface area contributed by atoms with Gasteiger partial charge in [-0.2, -0.15) is 26.3 Å². The van der Waals surface area contributed by atoms with Gasteiger partial charge in [0.05, 0.1) is 19.9 Å². The standard InChI is InChI=1S/C15H8Cl2F6N4O4/c16-7-1-5(3-9(11(7)24)26(28)29)13(14(18,19)20,15(21,22)23)6-2-8(17)12(25)10(4-6)27(30)31/h1-4H,24-25H2. The van der Waals surface area contributed by atoms with E-state index in [1.54, 1.807) is 0 Å². The lowest BCUT2D eigenvalue weighted by atomic mass is 9.72. The van der Waals surface area contributed by atoms with E-state index in [9.17, 15) is 46.6 Å². The van der Waals surface area contributed by atoms with Crippen molar-refractivity contribution in [1.29, 1.82) is 0 Å². The molecule has 0 aliphatic carbocycles. The van der Waals surface area contributed by atoms with Gasteiger partial charge in [0.25, 0.3) is 11.4 Å². The van der Waals surface area contributed by atoms with E-state index in [1.807, 2.05) is 0 Å². The predicted octanol–water partition coefficient (Wildman–Crippen LogP) is 5.38. The van der Waals surface area contributed by atoms with Crippen LogP contribution in [0.2, 0.25) is 10.0 Å². The van der Waals surface area contributed by atoms with Crippen LogP contribution in [0.15, 0.2) is 24.3 Å². The van der Waals surface area contributed by atoms with Crippen LogP contribution in [0.5, 0.6) is 0 Å². The molecule has 0 bridgehead atoms. The molecule has 0 saturated carbocycles. The van der Waals surface area contributed by atoms with Gasteiger partial charge in [0.1, 0.15) is 11.4 Å². The highest BCUT2D eigenvalue weighted by Crippen LogP contribution is 2.58. The Morgan fingerprint density at radius 1 is 0.710 bits per heavy atom. The smallest absolute Gasteiger partial charge is 0.392 e. The number of halogens is 8. The minimum atomic E-state index is -6.23. The van der Waals surface area contributed by atoms with Gasteiger partial charge in [-0.25, -0.2) is 0 Å². The third-order valence-corrected chi connectivity index (χ3v) is 4.95. The molecule has 0 aromatic heterocycles. The highest BCUT2D eigenvalue weighted by Gasteiger charge is 2.73. The van der Waals surface area contributed by atoms with E-state index in [-0.39, 0.29) is 24.3 Å². The number of anilines is 2. The Kier molecular flexibility index (Phi) is 5.95. The summed E-state index contributed by atoms with van der Waals surface area (Å²) >= 11 is 11.2. The number of benzene rings is 2. The van der Waals surface area contributed by atoms with Crippen LogP contribution in [0.4, 0.5) is 49.1 Å². The fourth-order valence-corrected chi connectivity index (χ4v) is 3.35. The lowest BCUT2D eigenvalue weighted by Gasteiger charge is -2.38. The van der Waals surface area contributed by atoms with Gasteiger partial charge in [-0.05, 0) is 23.3 Å². The monoisotopic (exact) mass is 492 g/mol. The van der Waals surface area contributed by atoms with Gasteiger partial charge >= 0.3 is 12.4 Å². The Hall–Kier alpha value is -3.00. The number of hydrogen-bond donors (Lipinski definition) is 2. The molecule has 0 amide bonds. The lowest BCUT2D eigenvalue weighted by Crippen LogP contribution is -2.54. The summed E-state index contributed by atoms with van der Waals surface area (Å²) in [6.45, 7) is 0. The van der Waals surface area contributed by atoms with Crippen LogP contribution in [0.1, 0.15) is 11.1 Å². The molecule has 0 fully saturated rings. The fraction of sp³-hybridized carbons (Fsp3) is 0.200. The van der Waals surface area contributed by atoms with Crippen molar-refractivity contribution < 1.29 is 36.2 Å². The zero-order chi connectivity index (χ0) is 24.1. The van der Waals surface area contributed by atoms with E-state index in [1.165, 1.54) is 0 Å². The van der Waals surface area contributed by atoms with Crippen molar-refractivity contribution in [3.8, 4) is 0 Å². The molecule has 0 aliphatic rings. The molecule has 8 nitrogen and oxygen atoms in total. The fourth-order valence-electron chi connectivity index (χ4n) is 2.92. The van der Waals surface area contributed by atoms with Crippen LogP contribution in [0.3, 0.4) is 0 Å². The molecule has 31 heavy (non-hydrogen) atoms. The topological polar surface area (TPSA) is 138 Å². The Morgan fingerprint density at radius 2 is 1.00 bits per heavy atom. The number of nitrogen functional groups attached to an aromatic ring is 2. The molecule has 0 radical (unpaired) electrons. The largest absolute Gasteiger partial charge is 0.411 e. The first-order chi connectivity index (χ1) is 14.0. The van der Waals surface area contributed by atoms with Crippen molar-refractivity contribution >= 4 is 46.0 Å². The summed E-state index contributed by atoms with van der Waals surface area (Å²) in [4.78, 5) is 19.6. The average molecular weight is 493 g/mol. The van der Waals surface area contributed by atoms with Crippen molar-refractivity contribution in [2.45, 2.75) is 17.8 Å². The van der Waals surface area contributed by atoms with Crippen molar-refractivity contribution in [2.75, 3.05) is 11.5 Å². The van der Waals surface area contributed by atoms with Crippen LogP contribution in [0, 0.1) is 20.2 Å². The van der Waals surface area contributed by atoms with Gasteiger partial charge in [-0.1, -0.05) is 23.2 Å². The number of alkyl halides is 6. The van der Waals surface area contributed by atoms with Gasteiger partial charge in [0.2, 0.25) is 5.41 Å². The van der Waals surface area contributed by atoms with E-state index in [4.69, 9.17) is 34.7 Å². The maximum absolute atomic E-state index is 14.2.